The molecule has 0 saturated carbocycles. The van der Waals surface area contributed by atoms with Crippen LogP contribution in [-0.4, -0.2) is 35.7 Å². The monoisotopic (exact) mass is 432 g/mol. The minimum atomic E-state index is -3.35. The number of sulfone groups is 1. The Hall–Kier alpha value is -2.82. The second-order valence-corrected chi connectivity index (χ2v) is 9.99. The maximum Gasteiger partial charge on any atom is 0.270 e. The van der Waals surface area contributed by atoms with Crippen LogP contribution >= 0.6 is 11.3 Å². The van der Waals surface area contributed by atoms with Gasteiger partial charge in [0.25, 0.3) is 5.91 Å². The summed E-state index contributed by atoms with van der Waals surface area (Å²) >= 11 is 1.22. The number of thiazole rings is 1. The summed E-state index contributed by atoms with van der Waals surface area (Å²) in [5.41, 5.74) is 6.07. The van der Waals surface area contributed by atoms with Gasteiger partial charge in [0, 0.05) is 18.0 Å². The van der Waals surface area contributed by atoms with Crippen molar-refractivity contribution in [2.45, 2.75) is 24.3 Å². The van der Waals surface area contributed by atoms with E-state index in [1.54, 1.807) is 38.1 Å². The molecule has 3 rings (SSSR count). The lowest BCUT2D eigenvalue weighted by atomic mass is 9.97. The number of carbonyl (C=O) groups excluding carboxylic acids is 1. The van der Waals surface area contributed by atoms with E-state index in [2.05, 4.69) is 15.3 Å². The number of hydrogen-bond donors (Lipinski definition) is 3. The second kappa shape index (κ2) is 7.54. The summed E-state index contributed by atoms with van der Waals surface area (Å²) in [6, 6.07) is 10.1. The molecule has 2 aromatic heterocycles. The lowest BCUT2D eigenvalue weighted by molar-refractivity contribution is 0.0786. The Kier molecular flexibility index (Phi) is 5.44. The molecule has 2 heterocycles. The van der Waals surface area contributed by atoms with E-state index in [1.807, 2.05) is 0 Å². The lowest BCUT2D eigenvalue weighted by Gasteiger charge is -2.17. The first kappa shape index (κ1) is 20.9. The van der Waals surface area contributed by atoms with Crippen molar-refractivity contribution in [1.82, 2.24) is 9.97 Å². The van der Waals surface area contributed by atoms with Gasteiger partial charge in [0.15, 0.2) is 15.5 Å². The molecule has 0 atom stereocenters. The average molecular weight is 433 g/mol. The maximum atomic E-state index is 11.8. The number of aliphatic hydroxyl groups is 1. The molecule has 0 aliphatic carbocycles. The van der Waals surface area contributed by atoms with Crippen molar-refractivity contribution in [2.24, 2.45) is 5.73 Å². The minimum absolute atomic E-state index is 0.0607. The zero-order chi connectivity index (χ0) is 21.4. The number of nitrogens with two attached hydrogens (primary N) is 1. The molecule has 29 heavy (non-hydrogen) atoms. The predicted octanol–water partition coefficient (Wildman–Crippen LogP) is 2.68. The fraction of sp³-hybridized carbons (Fsp3) is 0.211. The van der Waals surface area contributed by atoms with E-state index in [4.69, 9.17) is 5.73 Å². The van der Waals surface area contributed by atoms with E-state index >= 15 is 0 Å². The Bertz CT molecular complexity index is 1150. The zero-order valence-electron chi connectivity index (χ0n) is 16.0. The number of rotatable bonds is 6. The molecule has 4 N–H and O–H groups in total. The molecular formula is C19H20N4O4S2. The van der Waals surface area contributed by atoms with Crippen LogP contribution in [0.25, 0.3) is 10.6 Å². The van der Waals surface area contributed by atoms with Gasteiger partial charge in [-0.15, -0.1) is 0 Å². The summed E-state index contributed by atoms with van der Waals surface area (Å²) in [6.07, 6.45) is 2.33. The van der Waals surface area contributed by atoms with Gasteiger partial charge in [-0.25, -0.2) is 18.4 Å². The van der Waals surface area contributed by atoms with E-state index in [-0.39, 0.29) is 10.6 Å². The number of nitrogens with zero attached hydrogens (tertiary/aromatic N) is 2. The molecule has 0 bridgehead atoms. The van der Waals surface area contributed by atoms with Crippen molar-refractivity contribution >= 4 is 37.9 Å². The van der Waals surface area contributed by atoms with Crippen LogP contribution in [0.15, 0.2) is 47.5 Å². The highest BCUT2D eigenvalue weighted by Gasteiger charge is 2.19. The number of primary amides is 1. The van der Waals surface area contributed by atoms with Gasteiger partial charge in [-0.1, -0.05) is 35.6 Å². The number of aromatic nitrogens is 2. The number of carbonyl (C=O) groups is 1. The van der Waals surface area contributed by atoms with Crippen LogP contribution in [0, 0.1) is 0 Å². The molecule has 0 radical (unpaired) electrons. The van der Waals surface area contributed by atoms with E-state index in [0.717, 1.165) is 17.4 Å². The fourth-order valence-corrected chi connectivity index (χ4v) is 4.05. The van der Waals surface area contributed by atoms with Gasteiger partial charge < -0.3 is 16.2 Å². The fourth-order valence-electron chi connectivity index (χ4n) is 2.51. The van der Waals surface area contributed by atoms with Gasteiger partial charge in [-0.3, -0.25) is 4.79 Å². The van der Waals surface area contributed by atoms with Crippen molar-refractivity contribution in [3.63, 3.8) is 0 Å². The number of anilines is 2. The number of pyridine rings is 1. The van der Waals surface area contributed by atoms with Crippen LogP contribution in [0.1, 0.15) is 29.9 Å². The molecular weight excluding hydrogens is 412 g/mol. The summed E-state index contributed by atoms with van der Waals surface area (Å²) in [7, 11) is -3.35. The first-order valence-corrected chi connectivity index (χ1v) is 11.2. The van der Waals surface area contributed by atoms with Gasteiger partial charge in [-0.2, -0.15) is 0 Å². The molecule has 8 nitrogen and oxygen atoms in total. The van der Waals surface area contributed by atoms with Crippen LogP contribution in [-0.2, 0) is 15.4 Å². The van der Waals surface area contributed by atoms with E-state index in [0.29, 0.717) is 15.8 Å². The highest BCUT2D eigenvalue weighted by molar-refractivity contribution is 7.90. The highest BCUT2D eigenvalue weighted by Crippen LogP contribution is 2.34. The molecule has 0 unspecified atom stereocenters. The van der Waals surface area contributed by atoms with Crippen molar-refractivity contribution < 1.29 is 18.3 Å². The third-order valence-electron chi connectivity index (χ3n) is 4.10. The lowest BCUT2D eigenvalue weighted by Crippen LogP contribution is -2.14. The summed E-state index contributed by atoms with van der Waals surface area (Å²) in [6.45, 7) is 3.39. The molecule has 0 spiro atoms. The molecule has 3 aromatic rings. The molecule has 0 aliphatic heterocycles. The molecule has 0 fully saturated rings. The summed E-state index contributed by atoms with van der Waals surface area (Å²) < 4.78 is 23.1. The first-order valence-electron chi connectivity index (χ1n) is 8.52. The van der Waals surface area contributed by atoms with E-state index < -0.39 is 21.3 Å². The van der Waals surface area contributed by atoms with Gasteiger partial charge in [0.2, 0.25) is 0 Å². The Morgan fingerprint density at radius 2 is 1.83 bits per heavy atom. The summed E-state index contributed by atoms with van der Waals surface area (Å²) in [5, 5.41) is 14.0. The Morgan fingerprint density at radius 3 is 2.31 bits per heavy atom. The Labute approximate surface area is 172 Å². The van der Waals surface area contributed by atoms with Gasteiger partial charge >= 0.3 is 0 Å². The van der Waals surface area contributed by atoms with Crippen LogP contribution in [0.3, 0.4) is 0 Å². The number of benzene rings is 1. The number of nitrogens with one attached hydrogen (secondary N) is 1. The van der Waals surface area contributed by atoms with Gasteiger partial charge in [0.05, 0.1) is 10.5 Å². The smallest absolute Gasteiger partial charge is 0.270 e. The standard InChI is InChI=1S/C19H20N4O4S2/c1-19(2,25)12-6-4-11(5-7-12)17-23-15(16(20)24)18(28-17)22-14-9-8-13(10-21-14)29(3,26)27/h4-10,25H,1-3H3,(H2,20,24)(H,21,22). The minimum Gasteiger partial charge on any atom is -0.386 e. The molecule has 152 valence electrons. The topological polar surface area (TPSA) is 135 Å². The predicted molar refractivity (Wildman–Crippen MR) is 112 cm³/mol. The molecule has 1 aromatic carbocycles. The number of hydrogen-bond acceptors (Lipinski definition) is 8. The third-order valence-corrected chi connectivity index (χ3v) is 6.22. The van der Waals surface area contributed by atoms with E-state index in [9.17, 15) is 18.3 Å². The van der Waals surface area contributed by atoms with Crippen molar-refractivity contribution in [1.29, 1.82) is 0 Å². The van der Waals surface area contributed by atoms with Crippen molar-refractivity contribution in [3.8, 4) is 10.6 Å². The van der Waals surface area contributed by atoms with Gasteiger partial charge in [-0.05, 0) is 31.5 Å². The molecule has 0 aliphatic rings. The van der Waals surface area contributed by atoms with Crippen LogP contribution in [0.4, 0.5) is 10.8 Å². The molecule has 0 saturated heterocycles. The third kappa shape index (κ3) is 4.78. The van der Waals surface area contributed by atoms with Crippen LogP contribution in [0.2, 0.25) is 0 Å². The van der Waals surface area contributed by atoms with Crippen LogP contribution in [0.5, 0.6) is 0 Å². The largest absolute Gasteiger partial charge is 0.386 e. The highest BCUT2D eigenvalue weighted by atomic mass is 32.2. The quantitative estimate of drug-likeness (QED) is 0.545. The maximum absolute atomic E-state index is 11.8. The average Bonchev–Trinajstić information content (AvgIpc) is 3.05. The normalized spacial score (nSPS) is 12.0. The van der Waals surface area contributed by atoms with Gasteiger partial charge in [0.1, 0.15) is 15.8 Å². The first-order chi connectivity index (χ1) is 13.4. The SMILES string of the molecule is CC(C)(O)c1ccc(-c2nc(C(N)=O)c(Nc3ccc(S(C)(=O)=O)cn3)s2)cc1. The molecule has 1 amide bonds. The van der Waals surface area contributed by atoms with Crippen molar-refractivity contribution in [2.75, 3.05) is 11.6 Å². The Balaban J connectivity index is 1.92. The van der Waals surface area contributed by atoms with Crippen LogP contribution < -0.4 is 11.1 Å². The summed E-state index contributed by atoms with van der Waals surface area (Å²) in [4.78, 5) is 20.3. The molecule has 10 heteroatoms. The zero-order valence-corrected chi connectivity index (χ0v) is 17.6. The Morgan fingerprint density at radius 1 is 1.17 bits per heavy atom. The van der Waals surface area contributed by atoms with E-state index in [1.165, 1.54) is 29.7 Å². The second-order valence-electron chi connectivity index (χ2n) is 6.97. The number of amides is 1. The van der Waals surface area contributed by atoms with Crippen molar-refractivity contribution in [3.05, 3.63) is 53.9 Å². The summed E-state index contributed by atoms with van der Waals surface area (Å²) in [5.74, 6) is -0.344.